The molecular weight excluding hydrogens is 142 g/mol. The number of hydrogen-bond donors (Lipinski definition) is 0. The maximum atomic E-state index is 11.2. The van der Waals surface area contributed by atoms with Crippen molar-refractivity contribution in [3.63, 3.8) is 0 Å². The van der Waals surface area contributed by atoms with E-state index in [9.17, 15) is 9.59 Å². The van der Waals surface area contributed by atoms with Gasteiger partial charge in [-0.2, -0.15) is 0 Å². The highest BCUT2D eigenvalue weighted by Gasteiger charge is 2.17. The van der Waals surface area contributed by atoms with Crippen LogP contribution in [-0.4, -0.2) is 23.8 Å². The maximum absolute atomic E-state index is 11.2. The van der Waals surface area contributed by atoms with E-state index in [1.807, 2.05) is 13.8 Å². The van der Waals surface area contributed by atoms with Crippen LogP contribution in [0.5, 0.6) is 0 Å². The molecule has 1 unspecified atom stereocenters. The Kier molecular flexibility index (Phi) is 3.79. The topological polar surface area (TPSA) is 37.4 Å². The van der Waals surface area contributed by atoms with Crippen LogP contribution >= 0.6 is 0 Å². The van der Waals surface area contributed by atoms with Crippen LogP contribution in [-0.2, 0) is 9.59 Å². The van der Waals surface area contributed by atoms with Gasteiger partial charge in [-0.15, -0.1) is 0 Å². The monoisotopic (exact) mass is 157 g/mol. The Hall–Kier alpha value is -0.860. The molecule has 64 valence electrons. The lowest BCUT2D eigenvalue weighted by molar-refractivity contribution is -0.144. The van der Waals surface area contributed by atoms with E-state index in [4.69, 9.17) is 0 Å². The number of nitrogens with zero attached hydrogens (tertiary/aromatic N) is 1. The Labute approximate surface area is 67.4 Å². The van der Waals surface area contributed by atoms with Gasteiger partial charge in [0.05, 0.1) is 0 Å². The molecule has 0 aliphatic carbocycles. The Morgan fingerprint density at radius 3 is 2.18 bits per heavy atom. The first-order chi connectivity index (χ1) is 5.00. The van der Waals surface area contributed by atoms with Crippen LogP contribution in [0.25, 0.3) is 0 Å². The van der Waals surface area contributed by atoms with Crippen molar-refractivity contribution in [2.75, 3.05) is 7.05 Å². The highest BCUT2D eigenvalue weighted by Crippen LogP contribution is 2.04. The summed E-state index contributed by atoms with van der Waals surface area (Å²) in [6, 6.07) is 0. The van der Waals surface area contributed by atoms with Crippen LogP contribution < -0.4 is 0 Å². The van der Waals surface area contributed by atoms with Crippen LogP contribution in [0.4, 0.5) is 0 Å². The van der Waals surface area contributed by atoms with Gasteiger partial charge in [0, 0.05) is 19.9 Å². The molecule has 3 nitrogen and oxygen atoms in total. The van der Waals surface area contributed by atoms with Gasteiger partial charge in [0.25, 0.3) is 0 Å². The molecule has 1 atom stereocenters. The number of amides is 2. The van der Waals surface area contributed by atoms with E-state index in [1.54, 1.807) is 0 Å². The number of carbonyl (C=O) groups excluding carboxylic acids is 2. The predicted octanol–water partition coefficient (Wildman–Crippen LogP) is 1.04. The number of imide groups is 1. The molecule has 0 fully saturated rings. The van der Waals surface area contributed by atoms with Crippen molar-refractivity contribution in [1.29, 1.82) is 0 Å². The molecule has 0 rings (SSSR count). The molecule has 0 aromatic carbocycles. The van der Waals surface area contributed by atoms with E-state index in [0.29, 0.717) is 0 Å². The first-order valence-electron chi connectivity index (χ1n) is 3.78. The van der Waals surface area contributed by atoms with Gasteiger partial charge in [0.15, 0.2) is 0 Å². The van der Waals surface area contributed by atoms with E-state index >= 15 is 0 Å². The number of hydrogen-bond acceptors (Lipinski definition) is 2. The fourth-order valence-electron chi connectivity index (χ4n) is 0.660. The van der Waals surface area contributed by atoms with Crippen LogP contribution in [0.3, 0.4) is 0 Å². The zero-order valence-corrected chi connectivity index (χ0v) is 7.55. The average Bonchev–Trinajstić information content (AvgIpc) is 2.00. The zero-order valence-electron chi connectivity index (χ0n) is 7.55. The molecule has 11 heavy (non-hydrogen) atoms. The Bertz CT molecular complexity index is 165. The molecule has 0 saturated heterocycles. The molecule has 0 heterocycles. The molecule has 0 bridgehead atoms. The van der Waals surface area contributed by atoms with Crippen molar-refractivity contribution >= 4 is 11.8 Å². The molecule has 0 saturated carbocycles. The summed E-state index contributed by atoms with van der Waals surface area (Å²) in [5, 5.41) is 0. The SMILES string of the molecule is CCC(C)C(=O)N(C)C(C)=O. The van der Waals surface area contributed by atoms with Crippen molar-refractivity contribution in [1.82, 2.24) is 4.90 Å². The Balaban J connectivity index is 4.13. The Morgan fingerprint density at radius 1 is 1.45 bits per heavy atom. The van der Waals surface area contributed by atoms with Crippen molar-refractivity contribution in [2.45, 2.75) is 27.2 Å². The van der Waals surface area contributed by atoms with Crippen molar-refractivity contribution in [3.05, 3.63) is 0 Å². The quantitative estimate of drug-likeness (QED) is 0.600. The summed E-state index contributed by atoms with van der Waals surface area (Å²) in [6.45, 7) is 5.14. The fraction of sp³-hybridized carbons (Fsp3) is 0.750. The number of rotatable bonds is 2. The second-order valence-corrected chi connectivity index (χ2v) is 2.73. The summed E-state index contributed by atoms with van der Waals surface area (Å²) in [4.78, 5) is 23.1. The van der Waals surface area contributed by atoms with Gasteiger partial charge >= 0.3 is 0 Å². The Morgan fingerprint density at radius 2 is 1.91 bits per heavy atom. The second-order valence-electron chi connectivity index (χ2n) is 2.73. The average molecular weight is 157 g/mol. The van der Waals surface area contributed by atoms with Gasteiger partial charge in [-0.1, -0.05) is 13.8 Å². The lowest BCUT2D eigenvalue weighted by Crippen LogP contribution is -2.34. The predicted molar refractivity (Wildman–Crippen MR) is 42.9 cm³/mol. The maximum Gasteiger partial charge on any atom is 0.231 e. The molecule has 0 aromatic heterocycles. The summed E-state index contributed by atoms with van der Waals surface area (Å²) in [7, 11) is 1.51. The summed E-state index contributed by atoms with van der Waals surface area (Å²) in [6.07, 6.45) is 0.774. The molecule has 0 N–H and O–H groups in total. The van der Waals surface area contributed by atoms with Crippen molar-refractivity contribution in [2.24, 2.45) is 5.92 Å². The molecule has 3 heteroatoms. The van der Waals surface area contributed by atoms with Gasteiger partial charge < -0.3 is 0 Å². The third-order valence-electron chi connectivity index (χ3n) is 1.84. The summed E-state index contributed by atoms with van der Waals surface area (Å²) in [5.74, 6) is -0.348. The highest BCUT2D eigenvalue weighted by atomic mass is 16.2. The van der Waals surface area contributed by atoms with Gasteiger partial charge in [0.1, 0.15) is 0 Å². The third kappa shape index (κ3) is 2.70. The van der Waals surface area contributed by atoms with E-state index in [1.165, 1.54) is 14.0 Å². The van der Waals surface area contributed by atoms with E-state index in [-0.39, 0.29) is 17.7 Å². The standard InChI is InChI=1S/C8H15NO2/c1-5-6(2)8(11)9(4)7(3)10/h6H,5H2,1-4H3. The molecule has 2 amide bonds. The van der Waals surface area contributed by atoms with Crippen LogP contribution in [0.2, 0.25) is 0 Å². The molecule has 0 spiro atoms. The minimum atomic E-state index is -0.199. The summed E-state index contributed by atoms with van der Waals surface area (Å²) in [5.41, 5.74) is 0. The fourth-order valence-corrected chi connectivity index (χ4v) is 0.660. The van der Waals surface area contributed by atoms with Gasteiger partial charge in [-0.3, -0.25) is 14.5 Å². The molecule has 0 aliphatic rings. The van der Waals surface area contributed by atoms with Crippen LogP contribution in [0.15, 0.2) is 0 Å². The smallest absolute Gasteiger partial charge is 0.231 e. The first kappa shape index (κ1) is 10.1. The molecule has 0 aliphatic heterocycles. The minimum absolute atomic E-state index is 0.0519. The van der Waals surface area contributed by atoms with E-state index in [0.717, 1.165) is 11.3 Å². The van der Waals surface area contributed by atoms with Gasteiger partial charge in [-0.05, 0) is 6.42 Å². The highest BCUT2D eigenvalue weighted by molar-refractivity contribution is 5.94. The first-order valence-corrected chi connectivity index (χ1v) is 3.78. The minimum Gasteiger partial charge on any atom is -0.286 e. The summed E-state index contributed by atoms with van der Waals surface area (Å²) >= 11 is 0. The van der Waals surface area contributed by atoms with Gasteiger partial charge in [-0.25, -0.2) is 0 Å². The van der Waals surface area contributed by atoms with E-state index in [2.05, 4.69) is 0 Å². The third-order valence-corrected chi connectivity index (χ3v) is 1.84. The van der Waals surface area contributed by atoms with Crippen LogP contribution in [0, 0.1) is 5.92 Å². The normalized spacial score (nSPS) is 12.4. The van der Waals surface area contributed by atoms with Crippen molar-refractivity contribution < 1.29 is 9.59 Å². The van der Waals surface area contributed by atoms with E-state index < -0.39 is 0 Å². The largest absolute Gasteiger partial charge is 0.286 e. The number of carbonyl (C=O) groups is 2. The zero-order chi connectivity index (χ0) is 9.02. The summed E-state index contributed by atoms with van der Waals surface area (Å²) < 4.78 is 0. The molecular formula is C8H15NO2. The van der Waals surface area contributed by atoms with Gasteiger partial charge in [0.2, 0.25) is 11.8 Å². The van der Waals surface area contributed by atoms with Crippen LogP contribution in [0.1, 0.15) is 27.2 Å². The molecule has 0 radical (unpaired) electrons. The lowest BCUT2D eigenvalue weighted by Gasteiger charge is -2.16. The lowest BCUT2D eigenvalue weighted by atomic mass is 10.1. The van der Waals surface area contributed by atoms with Crippen molar-refractivity contribution in [3.8, 4) is 0 Å². The second kappa shape index (κ2) is 4.11. The molecule has 0 aromatic rings.